The average Bonchev–Trinajstić information content (AvgIpc) is 3.53. The molecule has 0 atom stereocenters. The second-order valence-electron chi connectivity index (χ2n) is 9.55. The van der Waals surface area contributed by atoms with Crippen LogP contribution in [0.25, 0.3) is 44.5 Å². The summed E-state index contributed by atoms with van der Waals surface area (Å²) in [5.74, 6) is -0.0172. The van der Waals surface area contributed by atoms with E-state index < -0.39 is 0 Å². The van der Waals surface area contributed by atoms with E-state index in [0.717, 1.165) is 77.1 Å². The van der Waals surface area contributed by atoms with E-state index in [-0.39, 0.29) is 5.91 Å². The first-order valence-electron chi connectivity index (χ1n) is 12.6. The number of pyridine rings is 3. The highest BCUT2D eigenvalue weighted by molar-refractivity contribution is 5.99. The van der Waals surface area contributed by atoms with Gasteiger partial charge in [-0.3, -0.25) is 19.9 Å². The lowest BCUT2D eigenvalue weighted by Gasteiger charge is -2.34. The van der Waals surface area contributed by atoms with Crippen LogP contribution in [0.4, 0.5) is 11.4 Å². The van der Waals surface area contributed by atoms with Crippen molar-refractivity contribution in [2.75, 3.05) is 43.4 Å². The number of nitrogens with zero attached hydrogens (tertiary/aromatic N) is 6. The molecule has 5 aromatic heterocycles. The van der Waals surface area contributed by atoms with Gasteiger partial charge < -0.3 is 20.1 Å². The first-order chi connectivity index (χ1) is 18.1. The quantitative estimate of drug-likeness (QED) is 0.325. The molecule has 37 heavy (non-hydrogen) atoms. The summed E-state index contributed by atoms with van der Waals surface area (Å²) >= 11 is 0. The molecule has 0 saturated carbocycles. The van der Waals surface area contributed by atoms with Crippen LogP contribution >= 0.6 is 0 Å². The SMILES string of the molecule is CCCC(=O)Nc1cncc(-c2cnc3n[nH]c(-c4cc5c(N6CCN(C)CC6)cncc5[nH]4)c3c2)c1. The zero-order valence-electron chi connectivity index (χ0n) is 21.0. The zero-order chi connectivity index (χ0) is 25.4. The molecular weight excluding hydrogens is 466 g/mol. The highest BCUT2D eigenvalue weighted by Gasteiger charge is 2.19. The Morgan fingerprint density at radius 3 is 2.62 bits per heavy atom. The third-order valence-electron chi connectivity index (χ3n) is 6.88. The molecule has 0 radical (unpaired) electrons. The van der Waals surface area contributed by atoms with Crippen LogP contribution in [0.1, 0.15) is 19.8 Å². The number of likely N-dealkylation sites (N-methyl/N-ethyl adjacent to an activating group) is 1. The van der Waals surface area contributed by atoms with Gasteiger partial charge in [-0.05, 0) is 31.7 Å². The van der Waals surface area contributed by atoms with Gasteiger partial charge in [0.25, 0.3) is 0 Å². The number of rotatable bonds is 6. The van der Waals surface area contributed by atoms with Crippen LogP contribution in [0, 0.1) is 0 Å². The van der Waals surface area contributed by atoms with Crippen LogP contribution < -0.4 is 10.2 Å². The van der Waals surface area contributed by atoms with Gasteiger partial charge in [0.1, 0.15) is 0 Å². The van der Waals surface area contributed by atoms with Crippen molar-refractivity contribution >= 4 is 39.2 Å². The molecular formula is C27H29N9O. The number of hydrogen-bond acceptors (Lipinski definition) is 7. The average molecular weight is 496 g/mol. The second-order valence-corrected chi connectivity index (χ2v) is 9.55. The molecule has 3 N–H and O–H groups in total. The van der Waals surface area contributed by atoms with Gasteiger partial charge in [0, 0.05) is 66.9 Å². The van der Waals surface area contributed by atoms with Gasteiger partial charge in [0.2, 0.25) is 5.91 Å². The van der Waals surface area contributed by atoms with Crippen molar-refractivity contribution in [2.45, 2.75) is 19.8 Å². The molecule has 6 heterocycles. The van der Waals surface area contributed by atoms with Crippen LogP contribution in [0.15, 0.2) is 49.2 Å². The Morgan fingerprint density at radius 2 is 1.78 bits per heavy atom. The molecule has 0 aromatic carbocycles. The van der Waals surface area contributed by atoms with Gasteiger partial charge in [-0.25, -0.2) is 4.98 Å². The normalized spacial score (nSPS) is 14.5. The maximum Gasteiger partial charge on any atom is 0.224 e. The minimum atomic E-state index is -0.0172. The van der Waals surface area contributed by atoms with Crippen LogP contribution in [-0.2, 0) is 4.79 Å². The molecule has 10 heteroatoms. The molecule has 6 rings (SSSR count). The number of nitrogens with one attached hydrogen (secondary N) is 3. The standard InChI is InChI=1S/C27H29N9O/c1-3-4-25(37)31-19-9-17(12-28-14-19)18-10-21-26(33-34-27(21)30-13-18)22-11-20-23(32-22)15-29-16-24(20)36-7-5-35(2)6-8-36/h9-16,32H,3-8H2,1-2H3,(H,31,37)(H,30,33,34). The molecule has 1 aliphatic heterocycles. The summed E-state index contributed by atoms with van der Waals surface area (Å²) in [5.41, 5.74) is 6.99. The van der Waals surface area contributed by atoms with Crippen molar-refractivity contribution in [1.82, 2.24) is 35.0 Å². The maximum absolute atomic E-state index is 12.0. The fourth-order valence-electron chi connectivity index (χ4n) is 4.85. The molecule has 5 aromatic rings. The molecule has 1 fully saturated rings. The summed E-state index contributed by atoms with van der Waals surface area (Å²) in [4.78, 5) is 33.7. The lowest BCUT2D eigenvalue weighted by Crippen LogP contribution is -2.44. The number of carbonyl (C=O) groups is 1. The van der Waals surface area contributed by atoms with E-state index in [1.165, 1.54) is 0 Å². The molecule has 1 amide bonds. The third kappa shape index (κ3) is 4.51. The Kier molecular flexibility index (Phi) is 6.01. The van der Waals surface area contributed by atoms with Gasteiger partial charge in [-0.15, -0.1) is 0 Å². The van der Waals surface area contributed by atoms with Crippen molar-refractivity contribution < 1.29 is 4.79 Å². The zero-order valence-corrected chi connectivity index (χ0v) is 21.0. The van der Waals surface area contributed by atoms with Gasteiger partial charge in [-0.2, -0.15) is 5.10 Å². The minimum Gasteiger partial charge on any atom is -0.367 e. The van der Waals surface area contributed by atoms with Crippen molar-refractivity contribution in [3.8, 4) is 22.5 Å². The smallest absolute Gasteiger partial charge is 0.224 e. The predicted molar refractivity (Wildman–Crippen MR) is 145 cm³/mol. The predicted octanol–water partition coefficient (Wildman–Crippen LogP) is 4.05. The van der Waals surface area contributed by atoms with Crippen molar-refractivity contribution in [2.24, 2.45) is 0 Å². The largest absolute Gasteiger partial charge is 0.367 e. The Bertz CT molecular complexity index is 1580. The Morgan fingerprint density at radius 1 is 0.973 bits per heavy atom. The highest BCUT2D eigenvalue weighted by Crippen LogP contribution is 2.34. The third-order valence-corrected chi connectivity index (χ3v) is 6.88. The lowest BCUT2D eigenvalue weighted by atomic mass is 10.1. The van der Waals surface area contributed by atoms with E-state index in [4.69, 9.17) is 0 Å². The number of aromatic amines is 2. The molecule has 0 aliphatic carbocycles. The van der Waals surface area contributed by atoms with E-state index in [1.807, 2.05) is 25.4 Å². The first kappa shape index (κ1) is 23.1. The molecule has 1 saturated heterocycles. The van der Waals surface area contributed by atoms with Gasteiger partial charge in [0.05, 0.1) is 46.9 Å². The summed E-state index contributed by atoms with van der Waals surface area (Å²) < 4.78 is 0. The van der Waals surface area contributed by atoms with Crippen molar-refractivity contribution in [3.63, 3.8) is 0 Å². The number of carbonyl (C=O) groups excluding carboxylic acids is 1. The number of amides is 1. The molecule has 0 spiro atoms. The molecule has 10 nitrogen and oxygen atoms in total. The topological polar surface area (TPSA) is 119 Å². The lowest BCUT2D eigenvalue weighted by molar-refractivity contribution is -0.116. The van der Waals surface area contributed by atoms with Crippen LogP contribution in [-0.4, -0.2) is 74.2 Å². The van der Waals surface area contributed by atoms with E-state index in [2.05, 4.69) is 64.4 Å². The Balaban J connectivity index is 1.35. The summed E-state index contributed by atoms with van der Waals surface area (Å²) in [6.07, 6.45) is 10.3. The van der Waals surface area contributed by atoms with Gasteiger partial charge in [0.15, 0.2) is 5.65 Å². The summed E-state index contributed by atoms with van der Waals surface area (Å²) in [6.45, 7) is 6.00. The van der Waals surface area contributed by atoms with Crippen LogP contribution in [0.2, 0.25) is 0 Å². The van der Waals surface area contributed by atoms with Gasteiger partial charge in [-0.1, -0.05) is 6.92 Å². The fourth-order valence-corrected chi connectivity index (χ4v) is 4.85. The Hall–Kier alpha value is -4.31. The van der Waals surface area contributed by atoms with Gasteiger partial charge >= 0.3 is 0 Å². The Labute approximate surface area is 214 Å². The summed E-state index contributed by atoms with van der Waals surface area (Å²) in [5, 5.41) is 12.6. The van der Waals surface area contributed by atoms with Crippen LogP contribution in [0.5, 0.6) is 0 Å². The summed E-state index contributed by atoms with van der Waals surface area (Å²) in [7, 11) is 2.16. The number of aromatic nitrogens is 6. The second kappa shape index (κ2) is 9.62. The maximum atomic E-state index is 12.0. The number of fused-ring (bicyclic) bond motifs is 2. The number of hydrogen-bond donors (Lipinski definition) is 3. The number of anilines is 2. The monoisotopic (exact) mass is 495 g/mol. The molecule has 1 aliphatic rings. The van der Waals surface area contributed by atoms with E-state index in [9.17, 15) is 4.79 Å². The first-order valence-corrected chi connectivity index (χ1v) is 12.6. The van der Waals surface area contributed by atoms with E-state index in [1.54, 1.807) is 18.6 Å². The van der Waals surface area contributed by atoms with E-state index >= 15 is 0 Å². The fraction of sp³-hybridized carbons (Fsp3) is 0.296. The van der Waals surface area contributed by atoms with Crippen molar-refractivity contribution in [3.05, 3.63) is 49.2 Å². The molecule has 188 valence electrons. The number of H-pyrrole nitrogens is 2. The van der Waals surface area contributed by atoms with Crippen molar-refractivity contribution in [1.29, 1.82) is 0 Å². The van der Waals surface area contributed by atoms with Crippen LogP contribution in [0.3, 0.4) is 0 Å². The highest BCUT2D eigenvalue weighted by atomic mass is 16.1. The number of piperazine rings is 1. The minimum absolute atomic E-state index is 0.0172. The molecule has 0 bridgehead atoms. The van der Waals surface area contributed by atoms with E-state index in [0.29, 0.717) is 17.8 Å². The molecule has 0 unspecified atom stereocenters. The summed E-state index contributed by atoms with van der Waals surface area (Å²) in [6, 6.07) is 6.14.